The summed E-state index contributed by atoms with van der Waals surface area (Å²) in [6.07, 6.45) is 7.01. The molecule has 2 fully saturated rings. The summed E-state index contributed by atoms with van der Waals surface area (Å²) in [4.78, 5) is 14.7. The Morgan fingerprint density at radius 3 is 2.49 bits per heavy atom. The molecule has 1 aliphatic carbocycles. The monoisotopic (exact) mass is 527 g/mol. The fourth-order valence-corrected chi connectivity index (χ4v) is 6.67. The number of hydrogen-bond acceptors (Lipinski definition) is 5. The molecule has 0 spiro atoms. The second-order valence-corrected chi connectivity index (χ2v) is 17.6. The molecule has 2 aliphatic rings. The average Bonchev–Trinajstić information content (AvgIpc) is 3.48. The third-order valence-corrected chi connectivity index (χ3v) is 9.77. The Morgan fingerprint density at radius 1 is 1.08 bits per heavy atom. The third-order valence-electron chi connectivity index (χ3n) is 8.06. The van der Waals surface area contributed by atoms with Crippen molar-refractivity contribution in [3.8, 4) is 0 Å². The fraction of sp³-hybridized carbons (Fsp3) is 0.655. The summed E-state index contributed by atoms with van der Waals surface area (Å²) in [6, 6.07) is 14.0. The van der Waals surface area contributed by atoms with Crippen LogP contribution in [0.15, 0.2) is 42.6 Å². The second kappa shape index (κ2) is 12.6. The number of carbonyl (C=O) groups is 1. The van der Waals surface area contributed by atoms with Gasteiger partial charge in [-0.3, -0.25) is 4.90 Å². The number of hydrogen-bond donors (Lipinski definition) is 0. The Kier molecular flexibility index (Phi) is 9.48. The highest BCUT2D eigenvalue weighted by Crippen LogP contribution is 2.39. The molecule has 7 nitrogen and oxygen atoms in total. The highest BCUT2D eigenvalue weighted by atomic mass is 28.3. The average molecular weight is 528 g/mol. The van der Waals surface area contributed by atoms with E-state index in [9.17, 15) is 4.79 Å². The molecule has 204 valence electrons. The van der Waals surface area contributed by atoms with Crippen molar-refractivity contribution in [2.45, 2.75) is 101 Å². The molecule has 3 atom stereocenters. The zero-order valence-corrected chi connectivity index (χ0v) is 24.3. The van der Waals surface area contributed by atoms with Crippen molar-refractivity contribution in [3.05, 3.63) is 53.9 Å². The van der Waals surface area contributed by atoms with Gasteiger partial charge in [0.25, 0.3) is 0 Å². The lowest BCUT2D eigenvalue weighted by Gasteiger charge is -2.33. The van der Waals surface area contributed by atoms with E-state index in [1.165, 1.54) is 12.7 Å². The predicted molar refractivity (Wildman–Crippen MR) is 149 cm³/mol. The molecule has 37 heavy (non-hydrogen) atoms. The van der Waals surface area contributed by atoms with Gasteiger partial charge in [-0.15, -0.1) is 0 Å². The first kappa shape index (κ1) is 27.9. The molecule has 0 radical (unpaired) electrons. The molecule has 2 aromatic rings. The zero-order valence-electron chi connectivity index (χ0n) is 23.3. The predicted octanol–water partition coefficient (Wildman–Crippen LogP) is 6.25. The van der Waals surface area contributed by atoms with E-state index in [1.54, 1.807) is 0 Å². The van der Waals surface area contributed by atoms with E-state index >= 15 is 0 Å². The Labute approximate surface area is 223 Å². The summed E-state index contributed by atoms with van der Waals surface area (Å²) >= 11 is 0. The third kappa shape index (κ3) is 7.24. The van der Waals surface area contributed by atoms with Gasteiger partial charge in [0.15, 0.2) is 0 Å². The van der Waals surface area contributed by atoms with Crippen LogP contribution in [0.1, 0.15) is 62.1 Å². The molecule has 1 unspecified atom stereocenters. The summed E-state index contributed by atoms with van der Waals surface area (Å²) in [5.41, 5.74) is 2.54. The summed E-state index contributed by atoms with van der Waals surface area (Å²) < 4.78 is 19.7. The van der Waals surface area contributed by atoms with Crippen LogP contribution in [0, 0.1) is 0 Å². The topological polar surface area (TPSA) is 65.8 Å². The van der Waals surface area contributed by atoms with Crippen molar-refractivity contribution in [2.75, 3.05) is 20.3 Å². The number of nitrogens with zero attached hydrogens (tertiary/aromatic N) is 3. The number of aromatic nitrogens is 2. The molecule has 4 rings (SSSR count). The van der Waals surface area contributed by atoms with Crippen LogP contribution in [0.25, 0.3) is 0 Å². The Morgan fingerprint density at radius 2 is 1.81 bits per heavy atom. The molecule has 1 saturated heterocycles. The van der Waals surface area contributed by atoms with Crippen LogP contribution in [0.5, 0.6) is 0 Å². The van der Waals surface area contributed by atoms with Gasteiger partial charge in [0.2, 0.25) is 0 Å². The summed E-state index contributed by atoms with van der Waals surface area (Å²) in [5.74, 6) is 0.736. The second-order valence-electron chi connectivity index (χ2n) is 12.0. The molecule has 0 bridgehead atoms. The lowest BCUT2D eigenvalue weighted by Crippen LogP contribution is -2.44. The number of methoxy groups -OCH3 is 1. The number of rotatable bonds is 10. The standard InChI is InChI=1S/C29H45N3O4Si/c1-22-19-26(27-15-16-30-31(27)21-35-17-18-37(3,4)5)28(32(22)29(33)34-2)20-36-25-13-11-24(12-14-25)23-9-7-6-8-10-23/h6-10,15-16,22,24-26,28H,11-14,17-21H2,1-5H3/t22-,24?,25?,26?,28+/m1/s1. The minimum absolute atomic E-state index is 0.0658. The molecular formula is C29H45N3O4Si. The van der Waals surface area contributed by atoms with E-state index < -0.39 is 8.07 Å². The number of ether oxygens (including phenoxy) is 3. The normalized spacial score (nSPS) is 26.4. The van der Waals surface area contributed by atoms with E-state index in [4.69, 9.17) is 14.2 Å². The highest BCUT2D eigenvalue weighted by Gasteiger charge is 2.45. The van der Waals surface area contributed by atoms with E-state index in [0.717, 1.165) is 50.4 Å². The number of benzene rings is 1. The van der Waals surface area contributed by atoms with Crippen LogP contribution in [0.4, 0.5) is 4.79 Å². The van der Waals surface area contributed by atoms with Crippen LogP contribution in [0.2, 0.25) is 25.7 Å². The molecule has 1 saturated carbocycles. The van der Waals surface area contributed by atoms with Crippen molar-refractivity contribution < 1.29 is 19.0 Å². The van der Waals surface area contributed by atoms with Gasteiger partial charge in [0, 0.05) is 38.5 Å². The summed E-state index contributed by atoms with van der Waals surface area (Å²) in [6.45, 7) is 10.9. The van der Waals surface area contributed by atoms with Crippen molar-refractivity contribution in [1.82, 2.24) is 14.7 Å². The molecule has 1 amide bonds. The minimum atomic E-state index is -1.15. The van der Waals surface area contributed by atoms with Gasteiger partial charge >= 0.3 is 6.09 Å². The molecular weight excluding hydrogens is 482 g/mol. The highest BCUT2D eigenvalue weighted by molar-refractivity contribution is 6.76. The molecule has 8 heteroatoms. The number of amides is 1. The Balaban J connectivity index is 1.39. The Hall–Kier alpha value is -2.16. The molecule has 1 aromatic heterocycles. The molecule has 1 aliphatic heterocycles. The lowest BCUT2D eigenvalue weighted by atomic mass is 9.83. The largest absolute Gasteiger partial charge is 0.453 e. The SMILES string of the molecule is COC(=O)N1[C@H](C)CC(c2ccnn2COCC[Si](C)(C)C)[C@@H]1COC1CCC(c2ccccc2)CC1. The van der Waals surface area contributed by atoms with Gasteiger partial charge in [-0.1, -0.05) is 50.0 Å². The van der Waals surface area contributed by atoms with Crippen molar-refractivity contribution in [1.29, 1.82) is 0 Å². The van der Waals surface area contributed by atoms with Gasteiger partial charge in [-0.2, -0.15) is 5.10 Å². The molecule has 0 N–H and O–H groups in total. The summed E-state index contributed by atoms with van der Waals surface area (Å²) in [5, 5.41) is 4.56. The minimum Gasteiger partial charge on any atom is -0.453 e. The smallest absolute Gasteiger partial charge is 0.410 e. The number of carbonyl (C=O) groups excluding carboxylic acids is 1. The maximum absolute atomic E-state index is 12.8. The Bertz CT molecular complexity index is 985. The number of likely N-dealkylation sites (tertiary alicyclic amines) is 1. The van der Waals surface area contributed by atoms with Crippen LogP contribution in [-0.4, -0.2) is 67.4 Å². The molecule has 1 aromatic carbocycles. The maximum Gasteiger partial charge on any atom is 0.410 e. The van der Waals surface area contributed by atoms with E-state index in [1.807, 2.05) is 15.8 Å². The van der Waals surface area contributed by atoms with Crippen molar-refractivity contribution in [2.24, 2.45) is 0 Å². The first-order chi connectivity index (χ1) is 17.8. The van der Waals surface area contributed by atoms with Gasteiger partial charge < -0.3 is 14.2 Å². The van der Waals surface area contributed by atoms with E-state index in [-0.39, 0.29) is 30.2 Å². The summed E-state index contributed by atoms with van der Waals surface area (Å²) in [7, 11) is 0.315. The fourth-order valence-electron chi connectivity index (χ4n) is 5.91. The van der Waals surface area contributed by atoms with Crippen LogP contribution < -0.4 is 0 Å². The van der Waals surface area contributed by atoms with Crippen LogP contribution in [0.3, 0.4) is 0 Å². The zero-order chi connectivity index (χ0) is 26.4. The van der Waals surface area contributed by atoms with Gasteiger partial charge in [0.1, 0.15) is 6.73 Å². The van der Waals surface area contributed by atoms with Gasteiger partial charge in [0.05, 0.1) is 25.9 Å². The van der Waals surface area contributed by atoms with Gasteiger partial charge in [-0.05, 0) is 62.6 Å². The van der Waals surface area contributed by atoms with Crippen LogP contribution >= 0.6 is 0 Å². The van der Waals surface area contributed by atoms with Crippen LogP contribution in [-0.2, 0) is 20.9 Å². The van der Waals surface area contributed by atoms with Crippen molar-refractivity contribution in [3.63, 3.8) is 0 Å². The van der Waals surface area contributed by atoms with Crippen molar-refractivity contribution >= 4 is 14.2 Å². The molecule has 2 heterocycles. The first-order valence-corrected chi connectivity index (χ1v) is 17.6. The lowest BCUT2D eigenvalue weighted by molar-refractivity contribution is -0.00906. The first-order valence-electron chi connectivity index (χ1n) is 13.9. The van der Waals surface area contributed by atoms with E-state index in [0.29, 0.717) is 19.3 Å². The van der Waals surface area contributed by atoms with E-state index in [2.05, 4.69) is 68.1 Å². The quantitative estimate of drug-likeness (QED) is 0.270. The maximum atomic E-state index is 12.8. The van der Waals surface area contributed by atoms with Gasteiger partial charge in [-0.25, -0.2) is 9.48 Å².